The van der Waals surface area contributed by atoms with Crippen LogP contribution < -0.4 is 5.84 Å². The molecule has 1 heterocycles. The molecule has 0 aliphatic heterocycles. The molecule has 0 aliphatic carbocycles. The summed E-state index contributed by atoms with van der Waals surface area (Å²) in [6, 6.07) is 33.9. The molecule has 0 bridgehead atoms. The minimum absolute atomic E-state index is 1.05. The zero-order valence-electron chi connectivity index (χ0n) is 14.3. The Kier molecular flexibility index (Phi) is 3.29. The molecule has 0 radical (unpaired) electrons. The number of hydrogen-bond donors (Lipinski definition) is 1. The molecule has 4 aromatic carbocycles. The Bertz CT molecular complexity index is 1220. The van der Waals surface area contributed by atoms with Crippen LogP contribution in [-0.4, -0.2) is 4.68 Å². The molecule has 0 amide bonds. The Hall–Kier alpha value is -3.52. The van der Waals surface area contributed by atoms with E-state index in [4.69, 9.17) is 5.84 Å². The summed E-state index contributed by atoms with van der Waals surface area (Å²) in [5, 5.41) is 2.36. The van der Waals surface area contributed by atoms with Crippen LogP contribution in [0.5, 0.6) is 0 Å². The number of nitrogen functional groups attached to an aromatic ring is 1. The smallest absolute Gasteiger partial charge is 0.0709 e. The van der Waals surface area contributed by atoms with Crippen molar-refractivity contribution in [1.82, 2.24) is 4.68 Å². The van der Waals surface area contributed by atoms with Gasteiger partial charge < -0.3 is 5.84 Å². The fourth-order valence-electron chi connectivity index (χ4n) is 3.67. The molecule has 124 valence electrons. The molecule has 0 spiro atoms. The molecular formula is C24H18N2. The summed E-state index contributed by atoms with van der Waals surface area (Å²) in [6.45, 7) is 0. The van der Waals surface area contributed by atoms with Crippen molar-refractivity contribution in [1.29, 1.82) is 0 Å². The number of fused-ring (bicyclic) bond motifs is 3. The highest BCUT2D eigenvalue weighted by molar-refractivity contribution is 6.10. The van der Waals surface area contributed by atoms with E-state index in [1.54, 1.807) is 4.68 Å². The van der Waals surface area contributed by atoms with Crippen molar-refractivity contribution in [3.8, 4) is 22.3 Å². The van der Waals surface area contributed by atoms with Crippen LogP contribution in [0.1, 0.15) is 0 Å². The number of hydrogen-bond acceptors (Lipinski definition) is 1. The number of rotatable bonds is 2. The van der Waals surface area contributed by atoms with E-state index in [-0.39, 0.29) is 0 Å². The molecule has 0 saturated carbocycles. The SMILES string of the molecule is Nn1c2ccc(-c3ccccc3)cc2c2ccc(-c3ccccc3)cc21. The summed E-state index contributed by atoms with van der Waals surface area (Å²) in [5.41, 5.74) is 6.89. The van der Waals surface area contributed by atoms with E-state index in [1.165, 1.54) is 33.0 Å². The van der Waals surface area contributed by atoms with Gasteiger partial charge in [-0.1, -0.05) is 78.9 Å². The molecule has 2 nitrogen and oxygen atoms in total. The van der Waals surface area contributed by atoms with Gasteiger partial charge in [0, 0.05) is 10.8 Å². The highest BCUT2D eigenvalue weighted by Crippen LogP contribution is 2.33. The molecule has 0 fully saturated rings. The molecule has 2 N–H and O–H groups in total. The Labute approximate surface area is 152 Å². The number of nitrogens with zero attached hydrogens (tertiary/aromatic N) is 1. The molecule has 26 heavy (non-hydrogen) atoms. The number of benzene rings is 4. The topological polar surface area (TPSA) is 30.9 Å². The Morgan fingerprint density at radius 1 is 0.462 bits per heavy atom. The molecule has 5 aromatic rings. The third kappa shape index (κ3) is 2.27. The van der Waals surface area contributed by atoms with Gasteiger partial charge >= 0.3 is 0 Å². The summed E-state index contributed by atoms with van der Waals surface area (Å²) < 4.78 is 1.80. The molecule has 0 aliphatic rings. The largest absolute Gasteiger partial charge is 0.339 e. The van der Waals surface area contributed by atoms with Crippen molar-refractivity contribution in [2.75, 3.05) is 5.84 Å². The van der Waals surface area contributed by atoms with Gasteiger partial charge in [-0.05, 0) is 40.5 Å². The van der Waals surface area contributed by atoms with Crippen LogP contribution >= 0.6 is 0 Å². The zero-order chi connectivity index (χ0) is 17.5. The van der Waals surface area contributed by atoms with Crippen molar-refractivity contribution in [2.24, 2.45) is 0 Å². The Morgan fingerprint density at radius 2 is 1.04 bits per heavy atom. The van der Waals surface area contributed by atoms with E-state index < -0.39 is 0 Å². The summed E-state index contributed by atoms with van der Waals surface area (Å²) in [6.07, 6.45) is 0. The van der Waals surface area contributed by atoms with Gasteiger partial charge in [0.05, 0.1) is 11.0 Å². The van der Waals surface area contributed by atoms with Crippen molar-refractivity contribution < 1.29 is 0 Å². The predicted octanol–water partition coefficient (Wildman–Crippen LogP) is 5.84. The Balaban J connectivity index is 1.74. The van der Waals surface area contributed by atoms with Gasteiger partial charge in [-0.3, -0.25) is 4.68 Å². The summed E-state index contributed by atoms with van der Waals surface area (Å²) in [4.78, 5) is 0. The third-order valence-electron chi connectivity index (χ3n) is 5.02. The molecule has 0 unspecified atom stereocenters. The fraction of sp³-hybridized carbons (Fsp3) is 0. The van der Waals surface area contributed by atoms with Crippen LogP contribution in [0.4, 0.5) is 0 Å². The zero-order valence-corrected chi connectivity index (χ0v) is 14.3. The molecule has 1 aromatic heterocycles. The monoisotopic (exact) mass is 334 g/mol. The van der Waals surface area contributed by atoms with Gasteiger partial charge in [0.1, 0.15) is 0 Å². The summed E-state index contributed by atoms with van der Waals surface area (Å²) in [5.74, 6) is 6.43. The van der Waals surface area contributed by atoms with Gasteiger partial charge in [0.15, 0.2) is 0 Å². The summed E-state index contributed by atoms with van der Waals surface area (Å²) in [7, 11) is 0. The quantitative estimate of drug-likeness (QED) is 0.404. The van der Waals surface area contributed by atoms with E-state index in [0.29, 0.717) is 0 Å². The lowest BCUT2D eigenvalue weighted by molar-refractivity contribution is 1.12. The minimum Gasteiger partial charge on any atom is -0.339 e. The minimum atomic E-state index is 1.05. The van der Waals surface area contributed by atoms with Gasteiger partial charge in [-0.15, -0.1) is 0 Å². The molecule has 2 heteroatoms. The van der Waals surface area contributed by atoms with E-state index >= 15 is 0 Å². The van der Waals surface area contributed by atoms with Crippen molar-refractivity contribution in [3.63, 3.8) is 0 Å². The summed E-state index contributed by atoms with van der Waals surface area (Å²) >= 11 is 0. The van der Waals surface area contributed by atoms with E-state index in [2.05, 4.69) is 84.9 Å². The van der Waals surface area contributed by atoms with E-state index in [1.807, 2.05) is 12.1 Å². The maximum Gasteiger partial charge on any atom is 0.0709 e. The molecule has 0 saturated heterocycles. The van der Waals surface area contributed by atoms with E-state index in [0.717, 1.165) is 11.0 Å². The lowest BCUT2D eigenvalue weighted by atomic mass is 10.0. The van der Waals surface area contributed by atoms with Gasteiger partial charge in [-0.2, -0.15) is 0 Å². The van der Waals surface area contributed by atoms with Crippen LogP contribution in [0.15, 0.2) is 97.1 Å². The Morgan fingerprint density at radius 3 is 1.69 bits per heavy atom. The van der Waals surface area contributed by atoms with Gasteiger partial charge in [-0.25, -0.2) is 0 Å². The van der Waals surface area contributed by atoms with Gasteiger partial charge in [0.25, 0.3) is 0 Å². The van der Waals surface area contributed by atoms with Crippen molar-refractivity contribution in [2.45, 2.75) is 0 Å². The molecular weight excluding hydrogens is 316 g/mol. The van der Waals surface area contributed by atoms with Crippen molar-refractivity contribution >= 4 is 21.8 Å². The molecule has 5 rings (SSSR count). The number of aromatic nitrogens is 1. The lowest BCUT2D eigenvalue weighted by Crippen LogP contribution is -2.06. The fourth-order valence-corrected chi connectivity index (χ4v) is 3.67. The normalized spacial score (nSPS) is 11.2. The predicted molar refractivity (Wildman–Crippen MR) is 110 cm³/mol. The van der Waals surface area contributed by atoms with Gasteiger partial charge in [0.2, 0.25) is 0 Å². The van der Waals surface area contributed by atoms with Crippen LogP contribution in [0, 0.1) is 0 Å². The first-order valence-corrected chi connectivity index (χ1v) is 8.75. The van der Waals surface area contributed by atoms with Crippen molar-refractivity contribution in [3.05, 3.63) is 97.1 Å². The second-order valence-corrected chi connectivity index (χ2v) is 6.57. The second-order valence-electron chi connectivity index (χ2n) is 6.57. The van der Waals surface area contributed by atoms with Crippen LogP contribution in [0.25, 0.3) is 44.1 Å². The first-order valence-electron chi connectivity index (χ1n) is 8.75. The third-order valence-corrected chi connectivity index (χ3v) is 5.02. The van der Waals surface area contributed by atoms with Crippen LogP contribution in [0.3, 0.4) is 0 Å². The first-order chi connectivity index (χ1) is 12.8. The molecule has 0 atom stereocenters. The maximum absolute atomic E-state index is 6.43. The highest BCUT2D eigenvalue weighted by Gasteiger charge is 2.11. The number of nitrogens with two attached hydrogens (primary N) is 1. The van der Waals surface area contributed by atoms with E-state index in [9.17, 15) is 0 Å². The average molecular weight is 334 g/mol. The second kappa shape index (κ2) is 5.78. The lowest BCUT2D eigenvalue weighted by Gasteiger charge is -2.03. The average Bonchev–Trinajstić information content (AvgIpc) is 3.01. The van der Waals surface area contributed by atoms with Crippen LogP contribution in [0.2, 0.25) is 0 Å². The standard InChI is InChI=1S/C24H18N2/c25-26-23-14-12-19(17-7-3-1-4-8-17)15-22(23)21-13-11-20(16-24(21)26)18-9-5-2-6-10-18/h1-16H,25H2. The first kappa shape index (κ1) is 14.8. The highest BCUT2D eigenvalue weighted by atomic mass is 15.3. The maximum atomic E-state index is 6.43. The van der Waals surface area contributed by atoms with Crippen LogP contribution in [-0.2, 0) is 0 Å².